The molecule has 7 nitrogen and oxygen atoms in total. The van der Waals surface area contributed by atoms with E-state index in [0.717, 1.165) is 5.56 Å². The SMILES string of the molecule is CCOC(=O)C1=C(c2ccc(OC)cc2)NC(=O)NC1c1ccc(OCc2ccccc2)c(Cl)c1. The number of methoxy groups -OCH3 is 1. The van der Waals surface area contributed by atoms with E-state index in [4.69, 9.17) is 25.8 Å². The van der Waals surface area contributed by atoms with Crippen LogP contribution in [0, 0.1) is 0 Å². The number of hydrogen-bond donors (Lipinski definition) is 2. The summed E-state index contributed by atoms with van der Waals surface area (Å²) in [6.45, 7) is 2.27. The van der Waals surface area contributed by atoms with Crippen LogP contribution in [0.15, 0.2) is 78.4 Å². The van der Waals surface area contributed by atoms with Gasteiger partial charge < -0.3 is 24.8 Å². The molecule has 1 aliphatic rings. The molecule has 0 saturated heterocycles. The van der Waals surface area contributed by atoms with Gasteiger partial charge in [0.2, 0.25) is 0 Å². The number of benzene rings is 3. The molecule has 1 aliphatic heterocycles. The summed E-state index contributed by atoms with van der Waals surface area (Å²) >= 11 is 6.53. The number of esters is 1. The van der Waals surface area contributed by atoms with E-state index in [2.05, 4.69) is 10.6 Å². The van der Waals surface area contributed by atoms with E-state index in [9.17, 15) is 9.59 Å². The first kappa shape index (κ1) is 24.2. The molecule has 0 aliphatic carbocycles. The van der Waals surface area contributed by atoms with Crippen molar-refractivity contribution in [2.45, 2.75) is 19.6 Å². The molecule has 180 valence electrons. The molecule has 1 atom stereocenters. The Bertz CT molecular complexity index is 1240. The van der Waals surface area contributed by atoms with E-state index < -0.39 is 18.0 Å². The number of urea groups is 1. The van der Waals surface area contributed by atoms with Crippen molar-refractivity contribution in [3.63, 3.8) is 0 Å². The summed E-state index contributed by atoms with van der Waals surface area (Å²) in [4.78, 5) is 25.7. The van der Waals surface area contributed by atoms with Gasteiger partial charge in [0.25, 0.3) is 0 Å². The van der Waals surface area contributed by atoms with Crippen LogP contribution >= 0.6 is 11.6 Å². The topological polar surface area (TPSA) is 85.9 Å². The van der Waals surface area contributed by atoms with E-state index in [1.165, 1.54) is 0 Å². The van der Waals surface area contributed by atoms with E-state index in [-0.39, 0.29) is 12.2 Å². The number of nitrogens with one attached hydrogen (secondary N) is 2. The number of halogens is 1. The first-order valence-electron chi connectivity index (χ1n) is 11.1. The Kier molecular flexibility index (Phi) is 7.57. The molecule has 0 fully saturated rings. The number of hydrogen-bond acceptors (Lipinski definition) is 5. The molecule has 35 heavy (non-hydrogen) atoms. The van der Waals surface area contributed by atoms with Crippen molar-refractivity contribution < 1.29 is 23.8 Å². The lowest BCUT2D eigenvalue weighted by Crippen LogP contribution is -2.45. The van der Waals surface area contributed by atoms with E-state index >= 15 is 0 Å². The third kappa shape index (κ3) is 5.58. The van der Waals surface area contributed by atoms with Crippen LogP contribution in [0.25, 0.3) is 5.70 Å². The number of carbonyl (C=O) groups is 2. The van der Waals surface area contributed by atoms with Gasteiger partial charge in [-0.05, 0) is 60.0 Å². The summed E-state index contributed by atoms with van der Waals surface area (Å²) in [6, 6.07) is 20.7. The molecule has 2 amide bonds. The van der Waals surface area contributed by atoms with Crippen LogP contribution < -0.4 is 20.1 Å². The molecule has 4 rings (SSSR count). The minimum Gasteiger partial charge on any atom is -0.497 e. The predicted octanol–water partition coefficient (Wildman–Crippen LogP) is 5.26. The summed E-state index contributed by atoms with van der Waals surface area (Å²) < 4.78 is 16.4. The van der Waals surface area contributed by atoms with E-state index in [0.29, 0.717) is 40.0 Å². The zero-order valence-electron chi connectivity index (χ0n) is 19.3. The van der Waals surface area contributed by atoms with Crippen LogP contribution in [0.1, 0.15) is 29.7 Å². The summed E-state index contributed by atoms with van der Waals surface area (Å²) in [6.07, 6.45) is 0. The number of amides is 2. The number of carbonyl (C=O) groups excluding carboxylic acids is 2. The molecular weight excluding hydrogens is 468 g/mol. The molecule has 0 bridgehead atoms. The zero-order chi connectivity index (χ0) is 24.8. The molecule has 8 heteroatoms. The smallest absolute Gasteiger partial charge is 0.338 e. The van der Waals surface area contributed by atoms with Gasteiger partial charge in [0.15, 0.2) is 0 Å². The van der Waals surface area contributed by atoms with Crippen LogP contribution in [0.5, 0.6) is 11.5 Å². The molecule has 2 N–H and O–H groups in total. The molecule has 3 aromatic rings. The van der Waals surface area contributed by atoms with Crippen LogP contribution in [0.4, 0.5) is 4.79 Å². The Hall–Kier alpha value is -3.97. The molecule has 1 heterocycles. The van der Waals surface area contributed by atoms with Crippen molar-refractivity contribution in [1.82, 2.24) is 10.6 Å². The average molecular weight is 493 g/mol. The van der Waals surface area contributed by atoms with Crippen molar-refractivity contribution in [2.24, 2.45) is 0 Å². The Morgan fingerprint density at radius 1 is 1.03 bits per heavy atom. The fraction of sp³-hybridized carbons (Fsp3) is 0.185. The normalized spacial score (nSPS) is 15.2. The molecule has 0 radical (unpaired) electrons. The van der Waals surface area contributed by atoms with Gasteiger partial charge in [-0.3, -0.25) is 0 Å². The maximum atomic E-state index is 13.1. The van der Waals surface area contributed by atoms with Crippen LogP contribution in [-0.2, 0) is 16.1 Å². The molecular formula is C27H25ClN2O5. The van der Waals surface area contributed by atoms with Gasteiger partial charge in [0.1, 0.15) is 18.1 Å². The van der Waals surface area contributed by atoms with Crippen molar-refractivity contribution in [2.75, 3.05) is 13.7 Å². The quantitative estimate of drug-likeness (QED) is 0.419. The predicted molar refractivity (Wildman–Crippen MR) is 133 cm³/mol. The van der Waals surface area contributed by atoms with Crippen molar-refractivity contribution >= 4 is 29.3 Å². The maximum absolute atomic E-state index is 13.1. The molecule has 0 saturated carbocycles. The van der Waals surface area contributed by atoms with Crippen molar-refractivity contribution in [1.29, 1.82) is 0 Å². The van der Waals surface area contributed by atoms with Gasteiger partial charge in [-0.1, -0.05) is 48.0 Å². The highest BCUT2D eigenvalue weighted by Crippen LogP contribution is 2.36. The van der Waals surface area contributed by atoms with Gasteiger partial charge >= 0.3 is 12.0 Å². The minimum atomic E-state index is -0.777. The lowest BCUT2D eigenvalue weighted by molar-refractivity contribution is -0.138. The lowest BCUT2D eigenvalue weighted by Gasteiger charge is -2.29. The first-order valence-corrected chi connectivity index (χ1v) is 11.5. The summed E-state index contributed by atoms with van der Waals surface area (Å²) in [7, 11) is 1.57. The number of rotatable bonds is 8. The van der Waals surface area contributed by atoms with Crippen molar-refractivity contribution in [3.05, 3.63) is 100 Å². The second-order valence-electron chi connectivity index (χ2n) is 7.73. The van der Waals surface area contributed by atoms with Crippen LogP contribution in [0.3, 0.4) is 0 Å². The Balaban J connectivity index is 1.69. The van der Waals surface area contributed by atoms with Crippen LogP contribution in [0.2, 0.25) is 5.02 Å². The average Bonchev–Trinajstić information content (AvgIpc) is 2.88. The third-order valence-electron chi connectivity index (χ3n) is 5.47. The Labute approximate surface area is 208 Å². The monoisotopic (exact) mass is 492 g/mol. The van der Waals surface area contributed by atoms with Crippen LogP contribution in [-0.4, -0.2) is 25.7 Å². The maximum Gasteiger partial charge on any atom is 0.338 e. The van der Waals surface area contributed by atoms with Gasteiger partial charge in [0, 0.05) is 0 Å². The highest BCUT2D eigenvalue weighted by atomic mass is 35.5. The second-order valence-corrected chi connectivity index (χ2v) is 8.14. The summed E-state index contributed by atoms with van der Waals surface area (Å²) in [5, 5.41) is 5.93. The first-order chi connectivity index (χ1) is 17.0. The zero-order valence-corrected chi connectivity index (χ0v) is 20.1. The molecule has 1 unspecified atom stereocenters. The van der Waals surface area contributed by atoms with E-state index in [1.54, 1.807) is 56.5 Å². The Morgan fingerprint density at radius 2 is 1.77 bits per heavy atom. The number of ether oxygens (including phenoxy) is 3. The third-order valence-corrected chi connectivity index (χ3v) is 5.77. The van der Waals surface area contributed by atoms with Gasteiger partial charge in [-0.2, -0.15) is 0 Å². The van der Waals surface area contributed by atoms with Gasteiger partial charge in [-0.25, -0.2) is 9.59 Å². The van der Waals surface area contributed by atoms with Crippen molar-refractivity contribution in [3.8, 4) is 11.5 Å². The fourth-order valence-corrected chi connectivity index (χ4v) is 4.02. The summed E-state index contributed by atoms with van der Waals surface area (Å²) in [5.74, 6) is 0.606. The fourth-order valence-electron chi connectivity index (χ4n) is 3.78. The highest BCUT2D eigenvalue weighted by Gasteiger charge is 2.34. The Morgan fingerprint density at radius 3 is 2.43 bits per heavy atom. The standard InChI is InChI=1S/C27H25ClN2O5/c1-3-34-26(31)23-24(18-9-12-20(33-2)13-10-18)29-27(32)30-25(23)19-11-14-22(21(28)15-19)35-16-17-7-5-4-6-8-17/h4-15,25H,3,16H2,1-2H3,(H2,29,30,32). The van der Waals surface area contributed by atoms with Gasteiger partial charge in [-0.15, -0.1) is 0 Å². The molecule has 0 aromatic heterocycles. The largest absolute Gasteiger partial charge is 0.497 e. The molecule has 0 spiro atoms. The summed E-state index contributed by atoms with van der Waals surface area (Å²) in [5.41, 5.74) is 2.90. The highest BCUT2D eigenvalue weighted by molar-refractivity contribution is 6.32. The van der Waals surface area contributed by atoms with Gasteiger partial charge in [0.05, 0.1) is 36.1 Å². The minimum absolute atomic E-state index is 0.186. The molecule has 3 aromatic carbocycles. The second kappa shape index (κ2) is 11.0. The van der Waals surface area contributed by atoms with E-state index in [1.807, 2.05) is 30.3 Å². The lowest BCUT2D eigenvalue weighted by atomic mass is 9.92.